The Kier molecular flexibility index (Phi) is 5.07. The molecule has 0 atom stereocenters. The number of nitrogens with one attached hydrogen (secondary N) is 2. The van der Waals surface area contributed by atoms with Crippen LogP contribution in [0.5, 0.6) is 0 Å². The number of hydrogen-bond acceptors (Lipinski definition) is 3. The van der Waals surface area contributed by atoms with Crippen LogP contribution in [0.4, 0.5) is 24.5 Å². The molecule has 0 aliphatic heterocycles. The summed E-state index contributed by atoms with van der Waals surface area (Å²) in [6.07, 6.45) is -3.09. The Morgan fingerprint density at radius 2 is 2.08 bits per heavy atom. The molecule has 0 aliphatic rings. The average Bonchev–Trinajstić information content (AvgIpc) is 2.89. The van der Waals surface area contributed by atoms with E-state index in [0.29, 0.717) is 6.54 Å². The van der Waals surface area contributed by atoms with E-state index in [1.54, 1.807) is 6.92 Å². The normalized spacial score (nSPS) is 11.2. The molecule has 0 fully saturated rings. The number of nitrogens with zero attached hydrogens (tertiary/aromatic N) is 2. The molecule has 6 nitrogen and oxygen atoms in total. The summed E-state index contributed by atoms with van der Waals surface area (Å²) in [4.78, 5) is 11.5. The van der Waals surface area contributed by atoms with Gasteiger partial charge in [-0.2, -0.15) is 18.3 Å². The number of aromatic nitrogens is 2. The largest absolute Gasteiger partial charge is 0.416 e. The highest BCUT2D eigenvalue weighted by Crippen LogP contribution is 2.30. The minimum absolute atomic E-state index is 0.00692. The number of rotatable bonds is 4. The quantitative estimate of drug-likeness (QED) is 0.733. The van der Waals surface area contributed by atoms with E-state index in [1.807, 2.05) is 0 Å². The van der Waals surface area contributed by atoms with Crippen molar-refractivity contribution in [3.05, 3.63) is 41.7 Å². The summed E-state index contributed by atoms with van der Waals surface area (Å²) in [5.41, 5.74) is 5.06. The first-order valence-electron chi connectivity index (χ1n) is 6.83. The lowest BCUT2D eigenvalue weighted by atomic mass is 10.2. The van der Waals surface area contributed by atoms with Gasteiger partial charge in [0.05, 0.1) is 17.4 Å². The predicted molar refractivity (Wildman–Crippen MR) is 87.7 cm³/mol. The van der Waals surface area contributed by atoms with Crippen molar-refractivity contribution < 1.29 is 18.0 Å². The monoisotopic (exact) mass is 357 g/mol. The Labute approximate surface area is 140 Å². The predicted octanol–water partition coefficient (Wildman–Crippen LogP) is 2.83. The average molecular weight is 357 g/mol. The molecule has 1 aromatic carbocycles. The van der Waals surface area contributed by atoms with E-state index in [0.717, 1.165) is 12.1 Å². The maximum Gasteiger partial charge on any atom is 0.416 e. The standard InChI is InChI=1S/C14H14F3N5OS/c1-2-22-11(12(18)23)10(7-19-22)21-13(24)20-9-5-3-4-8(6-9)14(15,16)17/h3-7H,2H2,1H3,(H2,18,23)(H2,20,21,24). The fourth-order valence-corrected chi connectivity index (χ4v) is 2.26. The molecule has 0 bridgehead atoms. The molecule has 1 amide bonds. The topological polar surface area (TPSA) is 85.0 Å². The lowest BCUT2D eigenvalue weighted by Crippen LogP contribution is -2.23. The number of hydrogen-bond donors (Lipinski definition) is 3. The second-order valence-corrected chi connectivity index (χ2v) is 5.15. The second-order valence-electron chi connectivity index (χ2n) is 4.74. The third-order valence-corrected chi connectivity index (χ3v) is 3.27. The number of benzene rings is 1. The lowest BCUT2D eigenvalue weighted by Gasteiger charge is -2.12. The van der Waals surface area contributed by atoms with Gasteiger partial charge in [-0.3, -0.25) is 9.48 Å². The zero-order chi connectivity index (χ0) is 17.9. The van der Waals surface area contributed by atoms with Gasteiger partial charge in [-0.15, -0.1) is 0 Å². The Bertz CT molecular complexity index is 772. The molecular weight excluding hydrogens is 343 g/mol. The van der Waals surface area contributed by atoms with Crippen molar-refractivity contribution in [3.63, 3.8) is 0 Å². The molecule has 0 saturated heterocycles. The van der Waals surface area contributed by atoms with Gasteiger partial charge < -0.3 is 16.4 Å². The number of carbonyl (C=O) groups excluding carboxylic acids is 1. The SMILES string of the molecule is CCn1ncc(NC(=S)Nc2cccc(C(F)(F)F)c2)c1C(N)=O. The van der Waals surface area contributed by atoms with Gasteiger partial charge in [-0.05, 0) is 37.3 Å². The summed E-state index contributed by atoms with van der Waals surface area (Å²) in [6, 6.07) is 4.59. The van der Waals surface area contributed by atoms with Crippen molar-refractivity contribution >= 4 is 34.6 Å². The number of amides is 1. The van der Waals surface area contributed by atoms with Crippen LogP contribution in [0.3, 0.4) is 0 Å². The summed E-state index contributed by atoms with van der Waals surface area (Å²) in [7, 11) is 0. The van der Waals surface area contributed by atoms with Crippen LogP contribution in [0.25, 0.3) is 0 Å². The van der Waals surface area contributed by atoms with Crippen LogP contribution in [-0.2, 0) is 12.7 Å². The van der Waals surface area contributed by atoms with E-state index in [-0.39, 0.29) is 22.2 Å². The molecule has 1 heterocycles. The maximum atomic E-state index is 12.7. The van der Waals surface area contributed by atoms with E-state index in [9.17, 15) is 18.0 Å². The minimum atomic E-state index is -4.45. The Balaban J connectivity index is 2.15. The first kappa shape index (κ1) is 17.7. The third-order valence-electron chi connectivity index (χ3n) is 3.07. The number of anilines is 2. The maximum absolute atomic E-state index is 12.7. The third kappa shape index (κ3) is 4.02. The highest BCUT2D eigenvalue weighted by Gasteiger charge is 2.30. The summed E-state index contributed by atoms with van der Waals surface area (Å²) in [5, 5.41) is 9.32. The van der Waals surface area contributed by atoms with Crippen LogP contribution in [0.2, 0.25) is 0 Å². The summed E-state index contributed by atoms with van der Waals surface area (Å²) >= 11 is 5.05. The van der Waals surface area contributed by atoms with Gasteiger partial charge in [0.1, 0.15) is 5.69 Å². The summed E-state index contributed by atoms with van der Waals surface area (Å²) in [6.45, 7) is 2.20. The number of nitrogens with two attached hydrogens (primary N) is 1. The van der Waals surface area contributed by atoms with Crippen molar-refractivity contribution in [2.24, 2.45) is 5.73 Å². The molecule has 0 saturated carbocycles. The Hall–Kier alpha value is -2.62. The van der Waals surface area contributed by atoms with Crippen LogP contribution >= 0.6 is 12.2 Å². The molecule has 1 aromatic heterocycles. The van der Waals surface area contributed by atoms with Crippen molar-refractivity contribution in [3.8, 4) is 0 Å². The van der Waals surface area contributed by atoms with E-state index >= 15 is 0 Å². The van der Waals surface area contributed by atoms with E-state index < -0.39 is 17.6 Å². The van der Waals surface area contributed by atoms with Gasteiger partial charge in [0, 0.05) is 12.2 Å². The molecule has 2 rings (SSSR count). The van der Waals surface area contributed by atoms with E-state index in [2.05, 4.69) is 15.7 Å². The smallest absolute Gasteiger partial charge is 0.364 e. The first-order chi connectivity index (χ1) is 11.2. The number of halogens is 3. The van der Waals surface area contributed by atoms with Gasteiger partial charge in [0.2, 0.25) is 0 Å². The van der Waals surface area contributed by atoms with Crippen LogP contribution in [-0.4, -0.2) is 20.8 Å². The van der Waals surface area contributed by atoms with E-state index in [4.69, 9.17) is 18.0 Å². The second kappa shape index (κ2) is 6.87. The van der Waals surface area contributed by atoms with Crippen molar-refractivity contribution in [1.29, 1.82) is 0 Å². The number of carbonyl (C=O) groups is 1. The fraction of sp³-hybridized carbons (Fsp3) is 0.214. The summed E-state index contributed by atoms with van der Waals surface area (Å²) in [5.74, 6) is -0.696. The zero-order valence-corrected chi connectivity index (χ0v) is 13.3. The molecule has 4 N–H and O–H groups in total. The molecule has 2 aromatic rings. The highest BCUT2D eigenvalue weighted by atomic mass is 32.1. The number of alkyl halides is 3. The Morgan fingerprint density at radius 3 is 2.67 bits per heavy atom. The van der Waals surface area contributed by atoms with E-state index in [1.165, 1.54) is 23.0 Å². The van der Waals surface area contributed by atoms with Crippen LogP contribution in [0.15, 0.2) is 30.5 Å². The van der Waals surface area contributed by atoms with Gasteiger partial charge in [-0.1, -0.05) is 6.07 Å². The first-order valence-corrected chi connectivity index (χ1v) is 7.24. The molecule has 24 heavy (non-hydrogen) atoms. The van der Waals surface area contributed by atoms with Crippen molar-refractivity contribution in [1.82, 2.24) is 9.78 Å². The van der Waals surface area contributed by atoms with Crippen molar-refractivity contribution in [2.45, 2.75) is 19.6 Å². The molecule has 0 radical (unpaired) electrons. The highest BCUT2D eigenvalue weighted by molar-refractivity contribution is 7.80. The summed E-state index contributed by atoms with van der Waals surface area (Å²) < 4.78 is 39.5. The molecule has 0 unspecified atom stereocenters. The van der Waals surface area contributed by atoms with Gasteiger partial charge >= 0.3 is 6.18 Å². The number of primary amides is 1. The molecular formula is C14H14F3N5OS. The van der Waals surface area contributed by atoms with Crippen LogP contribution in [0.1, 0.15) is 23.0 Å². The molecule has 0 spiro atoms. The van der Waals surface area contributed by atoms with Gasteiger partial charge in [-0.25, -0.2) is 0 Å². The fourth-order valence-electron chi connectivity index (χ4n) is 2.03. The zero-order valence-electron chi connectivity index (χ0n) is 12.5. The lowest BCUT2D eigenvalue weighted by molar-refractivity contribution is -0.137. The molecule has 10 heteroatoms. The molecule has 0 aliphatic carbocycles. The van der Waals surface area contributed by atoms with Crippen molar-refractivity contribution in [2.75, 3.05) is 10.6 Å². The molecule has 128 valence electrons. The van der Waals surface area contributed by atoms with Crippen LogP contribution < -0.4 is 16.4 Å². The number of aryl methyl sites for hydroxylation is 1. The van der Waals surface area contributed by atoms with Gasteiger partial charge in [0.15, 0.2) is 5.11 Å². The number of thiocarbonyl (C=S) groups is 1. The Morgan fingerprint density at radius 1 is 1.38 bits per heavy atom. The van der Waals surface area contributed by atoms with Crippen LogP contribution in [0, 0.1) is 0 Å². The minimum Gasteiger partial charge on any atom is -0.364 e. The van der Waals surface area contributed by atoms with Gasteiger partial charge in [0.25, 0.3) is 5.91 Å².